The maximum Gasteiger partial charge on any atom is 0.124 e. The number of hydrogen-bond acceptors (Lipinski definition) is 2. The smallest absolute Gasteiger partial charge is 0.124 e. The quantitative estimate of drug-likeness (QED) is 0.556. The molecule has 1 aromatic carbocycles. The zero-order chi connectivity index (χ0) is 14.5. The predicted octanol–water partition coefficient (Wildman–Crippen LogP) is 4.49. The number of imidazole rings is 1. The molecule has 20 heavy (non-hydrogen) atoms. The lowest BCUT2D eigenvalue weighted by Gasteiger charge is -2.10. The SMILES string of the molecule is CC(C)CCOCCn1c(CCl)nc2cccc(Cl)c21. The molecule has 0 aliphatic carbocycles. The first-order chi connectivity index (χ1) is 9.63. The normalized spacial score (nSPS) is 11.7. The number of fused-ring (bicyclic) bond motifs is 1. The van der Waals surface area contributed by atoms with E-state index in [1.165, 1.54) is 0 Å². The molecule has 0 saturated heterocycles. The number of benzene rings is 1. The molecule has 0 unspecified atom stereocenters. The lowest BCUT2D eigenvalue weighted by atomic mass is 10.1. The minimum absolute atomic E-state index is 0.372. The van der Waals surface area contributed by atoms with Crippen LogP contribution in [0.25, 0.3) is 11.0 Å². The summed E-state index contributed by atoms with van der Waals surface area (Å²) in [5.41, 5.74) is 1.83. The van der Waals surface area contributed by atoms with Crippen LogP contribution in [0.5, 0.6) is 0 Å². The zero-order valence-electron chi connectivity index (χ0n) is 11.9. The highest BCUT2D eigenvalue weighted by Crippen LogP contribution is 2.25. The van der Waals surface area contributed by atoms with Gasteiger partial charge in [-0.15, -0.1) is 11.6 Å². The fourth-order valence-electron chi connectivity index (χ4n) is 2.11. The zero-order valence-corrected chi connectivity index (χ0v) is 13.4. The van der Waals surface area contributed by atoms with Gasteiger partial charge in [0.2, 0.25) is 0 Å². The topological polar surface area (TPSA) is 27.1 Å². The van der Waals surface area contributed by atoms with E-state index in [0.29, 0.717) is 23.4 Å². The van der Waals surface area contributed by atoms with Crippen LogP contribution in [0.15, 0.2) is 18.2 Å². The fraction of sp³-hybridized carbons (Fsp3) is 0.533. The molecule has 0 amide bonds. The molecule has 0 saturated carbocycles. The van der Waals surface area contributed by atoms with E-state index in [9.17, 15) is 0 Å². The van der Waals surface area contributed by atoms with E-state index in [2.05, 4.69) is 23.4 Å². The minimum atomic E-state index is 0.372. The molecule has 0 bridgehead atoms. The van der Waals surface area contributed by atoms with Crippen LogP contribution in [-0.2, 0) is 17.2 Å². The van der Waals surface area contributed by atoms with Crippen molar-refractivity contribution in [3.8, 4) is 0 Å². The van der Waals surface area contributed by atoms with Crippen LogP contribution in [0.3, 0.4) is 0 Å². The number of aromatic nitrogens is 2. The number of halogens is 2. The van der Waals surface area contributed by atoms with Gasteiger partial charge in [-0.1, -0.05) is 31.5 Å². The van der Waals surface area contributed by atoms with E-state index in [1.54, 1.807) is 0 Å². The third kappa shape index (κ3) is 3.66. The Morgan fingerprint density at radius 2 is 2.10 bits per heavy atom. The van der Waals surface area contributed by atoms with Gasteiger partial charge >= 0.3 is 0 Å². The molecule has 1 aromatic heterocycles. The van der Waals surface area contributed by atoms with Crippen LogP contribution in [-0.4, -0.2) is 22.8 Å². The molecule has 0 radical (unpaired) electrons. The highest BCUT2D eigenvalue weighted by atomic mass is 35.5. The molecule has 0 N–H and O–H groups in total. The van der Waals surface area contributed by atoms with E-state index >= 15 is 0 Å². The molecule has 110 valence electrons. The predicted molar refractivity (Wildman–Crippen MR) is 84.6 cm³/mol. The Labute approximate surface area is 129 Å². The molecule has 5 heteroatoms. The Morgan fingerprint density at radius 3 is 2.80 bits per heavy atom. The molecule has 0 aliphatic heterocycles. The summed E-state index contributed by atoms with van der Waals surface area (Å²) >= 11 is 12.2. The van der Waals surface area contributed by atoms with Crippen molar-refractivity contribution in [3.05, 3.63) is 29.0 Å². The number of ether oxygens (including phenoxy) is 1. The highest BCUT2D eigenvalue weighted by molar-refractivity contribution is 6.35. The van der Waals surface area contributed by atoms with E-state index < -0.39 is 0 Å². The number of hydrogen-bond donors (Lipinski definition) is 0. The summed E-state index contributed by atoms with van der Waals surface area (Å²) in [6, 6.07) is 5.73. The van der Waals surface area contributed by atoms with Crippen LogP contribution >= 0.6 is 23.2 Å². The second-order valence-corrected chi connectivity index (χ2v) is 5.89. The van der Waals surface area contributed by atoms with Crippen molar-refractivity contribution in [2.24, 2.45) is 5.92 Å². The summed E-state index contributed by atoms with van der Waals surface area (Å²) in [5.74, 6) is 1.87. The largest absolute Gasteiger partial charge is 0.380 e. The van der Waals surface area contributed by atoms with Crippen LogP contribution < -0.4 is 0 Å². The van der Waals surface area contributed by atoms with Crippen molar-refractivity contribution in [1.29, 1.82) is 0 Å². The van der Waals surface area contributed by atoms with Crippen LogP contribution in [0.4, 0.5) is 0 Å². The van der Waals surface area contributed by atoms with Crippen molar-refractivity contribution >= 4 is 34.2 Å². The second-order valence-electron chi connectivity index (χ2n) is 5.22. The van der Waals surface area contributed by atoms with Gasteiger partial charge in [-0.25, -0.2) is 4.98 Å². The van der Waals surface area contributed by atoms with Crippen LogP contribution in [0.1, 0.15) is 26.1 Å². The number of nitrogens with zero attached hydrogens (tertiary/aromatic N) is 2. The van der Waals surface area contributed by atoms with E-state index in [0.717, 1.165) is 36.4 Å². The van der Waals surface area contributed by atoms with Gasteiger partial charge in [0.1, 0.15) is 5.82 Å². The van der Waals surface area contributed by atoms with Crippen LogP contribution in [0.2, 0.25) is 5.02 Å². The van der Waals surface area contributed by atoms with Gasteiger partial charge in [-0.3, -0.25) is 0 Å². The monoisotopic (exact) mass is 314 g/mol. The Balaban J connectivity index is 2.08. The van der Waals surface area contributed by atoms with Gasteiger partial charge in [-0.2, -0.15) is 0 Å². The lowest BCUT2D eigenvalue weighted by molar-refractivity contribution is 0.116. The van der Waals surface area contributed by atoms with Crippen molar-refractivity contribution in [3.63, 3.8) is 0 Å². The average molecular weight is 315 g/mol. The third-order valence-corrected chi connectivity index (χ3v) is 3.76. The molecule has 0 atom stereocenters. The highest BCUT2D eigenvalue weighted by Gasteiger charge is 2.12. The van der Waals surface area contributed by atoms with E-state index in [-0.39, 0.29) is 0 Å². The Hall–Kier alpha value is -0.770. The summed E-state index contributed by atoms with van der Waals surface area (Å²) in [4.78, 5) is 4.51. The molecule has 3 nitrogen and oxygen atoms in total. The Bertz CT molecular complexity index is 566. The average Bonchev–Trinajstić information content (AvgIpc) is 2.77. The summed E-state index contributed by atoms with van der Waals surface area (Å²) in [5, 5.41) is 0.702. The minimum Gasteiger partial charge on any atom is -0.380 e. The number of alkyl halides is 1. The molecule has 2 aromatic rings. The van der Waals surface area contributed by atoms with Gasteiger partial charge in [0, 0.05) is 13.2 Å². The van der Waals surface area contributed by atoms with Crippen molar-refractivity contribution in [2.45, 2.75) is 32.7 Å². The van der Waals surface area contributed by atoms with Crippen LogP contribution in [0, 0.1) is 5.92 Å². The standard InChI is InChI=1S/C15H20Cl2N2O/c1-11(2)6-8-20-9-7-19-14(10-16)18-13-5-3-4-12(17)15(13)19/h3-5,11H,6-10H2,1-2H3. The van der Waals surface area contributed by atoms with Gasteiger partial charge in [0.15, 0.2) is 0 Å². The van der Waals surface area contributed by atoms with Gasteiger partial charge in [-0.05, 0) is 24.5 Å². The molecule has 1 heterocycles. The fourth-order valence-corrected chi connectivity index (χ4v) is 2.59. The van der Waals surface area contributed by atoms with Crippen molar-refractivity contribution in [1.82, 2.24) is 9.55 Å². The molecule has 0 spiro atoms. The molecular weight excluding hydrogens is 295 g/mol. The molecule has 0 aliphatic rings. The summed E-state index contributed by atoms with van der Waals surface area (Å²) < 4.78 is 7.73. The maximum atomic E-state index is 6.27. The Kier molecular flexibility index (Phi) is 5.70. The number of para-hydroxylation sites is 1. The Morgan fingerprint density at radius 1 is 1.30 bits per heavy atom. The first-order valence-corrected chi connectivity index (χ1v) is 7.82. The number of rotatable bonds is 7. The summed E-state index contributed by atoms with van der Waals surface area (Å²) in [7, 11) is 0. The molecule has 0 fully saturated rings. The first kappa shape index (κ1) is 15.6. The second kappa shape index (κ2) is 7.30. The van der Waals surface area contributed by atoms with Gasteiger partial charge < -0.3 is 9.30 Å². The van der Waals surface area contributed by atoms with E-state index in [1.807, 2.05) is 18.2 Å². The maximum absolute atomic E-state index is 6.27. The van der Waals surface area contributed by atoms with Gasteiger partial charge in [0.25, 0.3) is 0 Å². The summed E-state index contributed by atoms with van der Waals surface area (Å²) in [6.07, 6.45) is 1.08. The summed E-state index contributed by atoms with van der Waals surface area (Å²) in [6.45, 7) is 6.54. The van der Waals surface area contributed by atoms with Crippen molar-refractivity contribution < 1.29 is 4.74 Å². The molecular formula is C15H20Cl2N2O. The van der Waals surface area contributed by atoms with Gasteiger partial charge in [0.05, 0.1) is 28.5 Å². The third-order valence-electron chi connectivity index (χ3n) is 3.21. The van der Waals surface area contributed by atoms with E-state index in [4.69, 9.17) is 27.9 Å². The first-order valence-electron chi connectivity index (χ1n) is 6.90. The lowest BCUT2D eigenvalue weighted by Crippen LogP contribution is -2.10. The molecule has 2 rings (SSSR count). The van der Waals surface area contributed by atoms with Crippen molar-refractivity contribution in [2.75, 3.05) is 13.2 Å².